The summed E-state index contributed by atoms with van der Waals surface area (Å²) < 4.78 is 71.1. The second-order valence-electron chi connectivity index (χ2n) is 15.5. The minimum Gasteiger partial charge on any atom is -0.484 e. The lowest BCUT2D eigenvalue weighted by molar-refractivity contribution is -0.123. The molecule has 69 heavy (non-hydrogen) atoms. The van der Waals surface area contributed by atoms with Crippen LogP contribution in [0.25, 0.3) is 10.8 Å². The molecule has 8 aromatic carbocycles. The van der Waals surface area contributed by atoms with Crippen LogP contribution in [0.3, 0.4) is 0 Å². The highest BCUT2D eigenvalue weighted by atomic mass is 31.2. The number of hydrogen-bond acceptors (Lipinski definition) is 11. The Morgan fingerprint density at radius 3 is 1.39 bits per heavy atom. The van der Waals surface area contributed by atoms with Crippen LogP contribution in [0.1, 0.15) is 38.2 Å². The quantitative estimate of drug-likeness (QED) is 0.0588. The van der Waals surface area contributed by atoms with Crippen molar-refractivity contribution in [3.63, 3.8) is 0 Å². The molecule has 0 saturated heterocycles. The van der Waals surface area contributed by atoms with Crippen LogP contribution in [0.15, 0.2) is 206 Å². The Balaban J connectivity index is 1.00. The first kappa shape index (κ1) is 48.1. The maximum absolute atomic E-state index is 14.7. The number of phosphoric acid groups is 2. The number of benzene rings is 8. The molecule has 0 radical (unpaired) electrons. The molecule has 15 heteroatoms. The van der Waals surface area contributed by atoms with Gasteiger partial charge < -0.3 is 24.4 Å². The van der Waals surface area contributed by atoms with E-state index in [4.69, 9.17) is 31.9 Å². The number of anilines is 1. The Labute approximate surface area is 400 Å². The molecule has 0 saturated carbocycles. The van der Waals surface area contributed by atoms with Crippen molar-refractivity contribution in [3.8, 4) is 17.2 Å². The number of hydrogen-bond donors (Lipinski definition) is 2. The van der Waals surface area contributed by atoms with Crippen molar-refractivity contribution in [3.05, 3.63) is 240 Å². The fraction of sp³-hybridized carbons (Fsp3) is 0.111. The number of carbonyl (C=O) groups is 2. The van der Waals surface area contributed by atoms with E-state index in [0.717, 1.165) is 10.8 Å². The molecule has 0 heterocycles. The molecule has 0 aliphatic heterocycles. The van der Waals surface area contributed by atoms with Crippen molar-refractivity contribution in [2.24, 2.45) is 0 Å². The van der Waals surface area contributed by atoms with Crippen molar-refractivity contribution >= 4 is 43.9 Å². The zero-order valence-corrected chi connectivity index (χ0v) is 39.0. The van der Waals surface area contributed by atoms with Gasteiger partial charge in [-0.2, -0.15) is 0 Å². The third kappa shape index (κ3) is 14.6. The number of rotatable bonds is 23. The number of nitrogens with one attached hydrogen (secondary N) is 2. The maximum atomic E-state index is 14.7. The van der Waals surface area contributed by atoms with E-state index in [2.05, 4.69) is 10.6 Å². The average molecular weight is 963 g/mol. The number of ether oxygens (including phenoxy) is 1. The summed E-state index contributed by atoms with van der Waals surface area (Å²) in [6, 6.07) is 60.8. The van der Waals surface area contributed by atoms with Crippen LogP contribution < -0.4 is 24.4 Å². The molecule has 13 nitrogen and oxygen atoms in total. The highest BCUT2D eigenvalue weighted by molar-refractivity contribution is 7.49. The molecular weight excluding hydrogens is 915 g/mol. The lowest BCUT2D eigenvalue weighted by atomic mass is 10.1. The Kier molecular flexibility index (Phi) is 16.5. The van der Waals surface area contributed by atoms with Crippen LogP contribution in [-0.4, -0.2) is 18.4 Å². The van der Waals surface area contributed by atoms with Crippen molar-refractivity contribution in [2.75, 3.05) is 11.9 Å². The summed E-state index contributed by atoms with van der Waals surface area (Å²) in [4.78, 5) is 26.1. The first-order chi connectivity index (χ1) is 33.7. The number of para-hydroxylation sites is 1. The van der Waals surface area contributed by atoms with Crippen LogP contribution in [0, 0.1) is 0 Å². The number of phosphoric ester groups is 2. The van der Waals surface area contributed by atoms with Gasteiger partial charge in [0.15, 0.2) is 18.1 Å². The molecule has 350 valence electrons. The van der Waals surface area contributed by atoms with Crippen LogP contribution in [-0.2, 0) is 65.0 Å². The van der Waals surface area contributed by atoms with Gasteiger partial charge in [-0.25, -0.2) is 9.13 Å². The van der Waals surface area contributed by atoms with Gasteiger partial charge >= 0.3 is 15.6 Å². The van der Waals surface area contributed by atoms with Crippen molar-refractivity contribution < 1.29 is 50.6 Å². The van der Waals surface area contributed by atoms with E-state index in [1.807, 2.05) is 140 Å². The van der Waals surface area contributed by atoms with E-state index in [-0.39, 0.29) is 57.0 Å². The Morgan fingerprint density at radius 1 is 0.435 bits per heavy atom. The van der Waals surface area contributed by atoms with Crippen LogP contribution in [0.2, 0.25) is 0 Å². The zero-order chi connectivity index (χ0) is 47.7. The highest BCUT2D eigenvalue weighted by Gasteiger charge is 2.35. The smallest absolute Gasteiger partial charge is 0.484 e. The second kappa shape index (κ2) is 23.6. The molecule has 0 aromatic heterocycles. The molecule has 0 bridgehead atoms. The van der Waals surface area contributed by atoms with Crippen LogP contribution in [0.4, 0.5) is 5.69 Å². The second-order valence-corrected chi connectivity index (χ2v) is 18.7. The summed E-state index contributed by atoms with van der Waals surface area (Å²) in [5.41, 5.74) is 4.50. The van der Waals surface area contributed by atoms with E-state index >= 15 is 0 Å². The van der Waals surface area contributed by atoms with Crippen LogP contribution >= 0.6 is 15.6 Å². The van der Waals surface area contributed by atoms with Gasteiger partial charge in [-0.1, -0.05) is 158 Å². The minimum absolute atomic E-state index is 0.0307. The standard InChI is InChI=1S/C54H48N2O11P2/c57-53(40-61-50-30-29-46-33-48(28-27-47(46)34-50)54(58)56-49-24-14-5-15-25-49)55-35-45-26-31-51(66-68(59,62-36-41-16-6-1-7-17-41)63-37-42-18-8-2-9-19-42)52(32-45)67-69(60,64-38-43-20-10-3-11-21-43)65-39-44-22-12-4-13-23-44/h1-34H,35-40H2,(H,55,57)(H,56,58). The zero-order valence-electron chi connectivity index (χ0n) is 37.3. The summed E-state index contributed by atoms with van der Waals surface area (Å²) in [6.45, 7) is -0.866. The highest BCUT2D eigenvalue weighted by Crippen LogP contribution is 2.57. The van der Waals surface area contributed by atoms with Gasteiger partial charge in [-0.15, -0.1) is 0 Å². The Bertz CT molecular complexity index is 2950. The largest absolute Gasteiger partial charge is 0.530 e. The normalized spacial score (nSPS) is 11.4. The average Bonchev–Trinajstić information content (AvgIpc) is 3.39. The molecule has 2 N–H and O–H groups in total. The van der Waals surface area contributed by atoms with E-state index in [1.165, 1.54) is 12.1 Å². The van der Waals surface area contributed by atoms with E-state index in [0.29, 0.717) is 44.8 Å². The lowest BCUT2D eigenvalue weighted by Gasteiger charge is -2.23. The van der Waals surface area contributed by atoms with E-state index in [1.54, 1.807) is 54.6 Å². The number of amides is 2. The SMILES string of the molecule is O=C(COc1ccc2cc(C(=O)Nc3ccccc3)ccc2c1)NCc1ccc(OP(=O)(OCc2ccccc2)OCc2ccccc2)c(OP(=O)(OCc2ccccc2)OCc2ccccc2)c1. The van der Waals surface area contributed by atoms with Gasteiger partial charge in [0.2, 0.25) is 0 Å². The predicted octanol–water partition coefficient (Wildman–Crippen LogP) is 12.6. The monoisotopic (exact) mass is 962 g/mol. The van der Waals surface area contributed by atoms with E-state index < -0.39 is 21.6 Å². The lowest BCUT2D eigenvalue weighted by Crippen LogP contribution is -2.28. The summed E-state index contributed by atoms with van der Waals surface area (Å²) in [6.07, 6.45) is 0. The van der Waals surface area contributed by atoms with Crippen molar-refractivity contribution in [2.45, 2.75) is 33.0 Å². The van der Waals surface area contributed by atoms with Gasteiger partial charge in [0.05, 0.1) is 26.4 Å². The topological polar surface area (TPSA) is 157 Å². The van der Waals surface area contributed by atoms with Crippen molar-refractivity contribution in [1.82, 2.24) is 5.32 Å². The molecule has 2 amide bonds. The number of carbonyl (C=O) groups excluding carboxylic acids is 2. The van der Waals surface area contributed by atoms with Gasteiger partial charge in [0, 0.05) is 17.8 Å². The molecule has 0 unspecified atom stereocenters. The summed E-state index contributed by atoms with van der Waals surface area (Å²) in [5.74, 6) is -0.576. The maximum Gasteiger partial charge on any atom is 0.530 e. The molecule has 0 aliphatic rings. The summed E-state index contributed by atoms with van der Waals surface area (Å²) >= 11 is 0. The molecule has 0 atom stereocenters. The van der Waals surface area contributed by atoms with Gasteiger partial charge in [0.1, 0.15) is 5.75 Å². The molecule has 0 fully saturated rings. The van der Waals surface area contributed by atoms with Gasteiger partial charge in [0.25, 0.3) is 11.8 Å². The summed E-state index contributed by atoms with van der Waals surface area (Å²) in [7, 11) is -8.98. The molecule has 8 rings (SSSR count). The third-order valence-corrected chi connectivity index (χ3v) is 12.9. The first-order valence-electron chi connectivity index (χ1n) is 21.9. The molecule has 0 aliphatic carbocycles. The Morgan fingerprint density at radius 2 is 0.884 bits per heavy atom. The fourth-order valence-electron chi connectivity index (χ4n) is 6.72. The van der Waals surface area contributed by atoms with Crippen molar-refractivity contribution in [1.29, 1.82) is 0 Å². The summed E-state index contributed by atoms with van der Waals surface area (Å²) in [5, 5.41) is 7.36. The van der Waals surface area contributed by atoms with Gasteiger partial charge in [-0.3, -0.25) is 27.7 Å². The minimum atomic E-state index is -4.51. The molecule has 8 aromatic rings. The fourth-order valence-corrected chi connectivity index (χ4v) is 9.09. The Hall–Kier alpha value is -7.34. The third-order valence-electron chi connectivity index (χ3n) is 10.3. The first-order valence-corrected chi connectivity index (χ1v) is 24.8. The predicted molar refractivity (Wildman–Crippen MR) is 264 cm³/mol. The van der Waals surface area contributed by atoms with Crippen LogP contribution in [0.5, 0.6) is 17.2 Å². The van der Waals surface area contributed by atoms with E-state index in [9.17, 15) is 18.7 Å². The number of fused-ring (bicyclic) bond motifs is 1. The molecule has 0 spiro atoms. The molecular formula is C54H48N2O11P2. The van der Waals surface area contributed by atoms with Gasteiger partial charge in [-0.05, 0) is 87.1 Å².